The number of benzene rings is 3. The van der Waals surface area contributed by atoms with Gasteiger partial charge in [-0.2, -0.15) is 18.4 Å². The first-order chi connectivity index (χ1) is 15.5. The Balaban J connectivity index is 2.09. The van der Waals surface area contributed by atoms with E-state index in [1.54, 1.807) is 12.1 Å². The highest BCUT2D eigenvalue weighted by Gasteiger charge is 2.42. The minimum atomic E-state index is -4.78. The van der Waals surface area contributed by atoms with E-state index < -0.39 is 34.1 Å². The molecule has 0 saturated carbocycles. The number of rotatable bonds is 7. The Morgan fingerprint density at radius 1 is 1.09 bits per heavy atom. The number of aliphatic hydroxyl groups is 1. The number of nitrogens with zero attached hydrogens (tertiary/aromatic N) is 1. The molecule has 0 aliphatic rings. The van der Waals surface area contributed by atoms with Crippen LogP contribution in [0.25, 0.3) is 0 Å². The van der Waals surface area contributed by atoms with Gasteiger partial charge in [-0.15, -0.1) is 11.8 Å². The van der Waals surface area contributed by atoms with Crippen molar-refractivity contribution < 1.29 is 23.1 Å². The fraction of sp³-hybridized carbons (Fsp3) is 0.200. The largest absolute Gasteiger partial charge is 0.417 e. The Bertz CT molecular complexity index is 1190. The number of carbonyl (C=O) groups excluding carboxylic acids is 1. The molecule has 0 radical (unpaired) electrons. The number of thioether (sulfide) groups is 1. The van der Waals surface area contributed by atoms with Crippen LogP contribution in [-0.2, 0) is 17.4 Å². The van der Waals surface area contributed by atoms with E-state index in [-0.39, 0.29) is 5.56 Å². The zero-order valence-electron chi connectivity index (χ0n) is 17.6. The van der Waals surface area contributed by atoms with Crippen molar-refractivity contribution in [3.05, 3.63) is 101 Å². The topological polar surface area (TPSA) is 87.1 Å². The lowest BCUT2D eigenvalue weighted by Crippen LogP contribution is -2.45. The quantitative estimate of drug-likeness (QED) is 0.463. The Morgan fingerprint density at radius 3 is 2.33 bits per heavy atom. The van der Waals surface area contributed by atoms with Crippen molar-refractivity contribution >= 4 is 17.7 Å². The molecule has 3 aromatic rings. The van der Waals surface area contributed by atoms with Crippen molar-refractivity contribution in [3.63, 3.8) is 0 Å². The van der Waals surface area contributed by atoms with Crippen molar-refractivity contribution in [1.29, 1.82) is 5.26 Å². The smallest absolute Gasteiger partial charge is 0.379 e. The molecule has 0 bridgehead atoms. The average Bonchev–Trinajstić information content (AvgIpc) is 2.78. The van der Waals surface area contributed by atoms with E-state index in [9.17, 15) is 23.1 Å². The Kier molecular flexibility index (Phi) is 7.15. The third-order valence-electron chi connectivity index (χ3n) is 5.24. The van der Waals surface area contributed by atoms with Crippen molar-refractivity contribution in [3.8, 4) is 6.07 Å². The highest BCUT2D eigenvalue weighted by atomic mass is 32.2. The summed E-state index contributed by atoms with van der Waals surface area (Å²) in [6, 6.07) is 21.6. The molecule has 2 atom stereocenters. The van der Waals surface area contributed by atoms with E-state index in [1.807, 2.05) is 42.5 Å². The van der Waals surface area contributed by atoms with Gasteiger partial charge in [-0.1, -0.05) is 54.6 Å². The van der Waals surface area contributed by atoms with Crippen LogP contribution in [0, 0.1) is 11.3 Å². The number of carbonyl (C=O) groups is 1. The molecule has 33 heavy (non-hydrogen) atoms. The first kappa shape index (κ1) is 24.4. The molecular weight excluding hydrogens is 449 g/mol. The molecule has 4 nitrogen and oxygen atoms in total. The van der Waals surface area contributed by atoms with E-state index in [4.69, 9.17) is 11.0 Å². The molecule has 3 aromatic carbocycles. The van der Waals surface area contributed by atoms with Crippen molar-refractivity contribution in [2.45, 2.75) is 35.3 Å². The number of halogens is 3. The first-order valence-corrected chi connectivity index (χ1v) is 10.8. The van der Waals surface area contributed by atoms with Gasteiger partial charge in [0.05, 0.1) is 22.4 Å². The Labute approximate surface area is 193 Å². The van der Waals surface area contributed by atoms with Gasteiger partial charge in [0.25, 0.3) is 5.91 Å². The summed E-state index contributed by atoms with van der Waals surface area (Å²) in [7, 11) is 0. The number of hydrogen-bond donors (Lipinski definition) is 2. The fourth-order valence-electron chi connectivity index (χ4n) is 3.40. The van der Waals surface area contributed by atoms with Gasteiger partial charge in [0.1, 0.15) is 0 Å². The van der Waals surface area contributed by atoms with E-state index in [2.05, 4.69) is 0 Å². The average molecular weight is 471 g/mol. The van der Waals surface area contributed by atoms with Crippen LogP contribution in [0.2, 0.25) is 0 Å². The number of nitriles is 1. The van der Waals surface area contributed by atoms with Crippen molar-refractivity contribution in [1.82, 2.24) is 0 Å². The van der Waals surface area contributed by atoms with Gasteiger partial charge >= 0.3 is 6.18 Å². The van der Waals surface area contributed by atoms with E-state index in [1.165, 1.54) is 19.1 Å². The number of hydrogen-bond acceptors (Lipinski definition) is 4. The van der Waals surface area contributed by atoms with E-state index >= 15 is 0 Å². The normalized spacial score (nSPS) is 14.2. The first-order valence-electron chi connectivity index (χ1n) is 9.96. The van der Waals surface area contributed by atoms with Crippen molar-refractivity contribution in [2.24, 2.45) is 5.73 Å². The molecule has 3 rings (SSSR count). The summed E-state index contributed by atoms with van der Waals surface area (Å²) in [5.74, 6) is -1.07. The molecule has 0 saturated heterocycles. The molecule has 0 aliphatic carbocycles. The molecule has 3 N–H and O–H groups in total. The van der Waals surface area contributed by atoms with E-state index in [0.717, 1.165) is 35.0 Å². The third kappa shape index (κ3) is 5.56. The summed E-state index contributed by atoms with van der Waals surface area (Å²) in [6.07, 6.45) is -4.23. The number of alkyl halides is 3. The van der Waals surface area contributed by atoms with Gasteiger partial charge in [0.2, 0.25) is 0 Å². The number of primary amides is 1. The van der Waals surface area contributed by atoms with E-state index in [0.29, 0.717) is 11.3 Å². The van der Waals surface area contributed by atoms with Crippen LogP contribution in [0.1, 0.15) is 40.0 Å². The second kappa shape index (κ2) is 9.69. The molecule has 170 valence electrons. The maximum atomic E-state index is 13.6. The molecule has 0 aromatic heterocycles. The molecule has 0 spiro atoms. The zero-order chi connectivity index (χ0) is 24.2. The van der Waals surface area contributed by atoms with Crippen molar-refractivity contribution in [2.75, 3.05) is 0 Å². The van der Waals surface area contributed by atoms with Crippen LogP contribution in [0.4, 0.5) is 13.2 Å². The molecule has 2 unspecified atom stereocenters. The molecule has 0 fully saturated rings. The lowest BCUT2D eigenvalue weighted by Gasteiger charge is -2.31. The fourth-order valence-corrected chi connectivity index (χ4v) is 4.73. The molecule has 8 heteroatoms. The van der Waals surface area contributed by atoms with Gasteiger partial charge < -0.3 is 10.8 Å². The summed E-state index contributed by atoms with van der Waals surface area (Å²) in [5.41, 5.74) is 3.52. The van der Waals surface area contributed by atoms with Gasteiger partial charge in [-0.25, -0.2) is 0 Å². The SMILES string of the molecule is CC(O)(C(N)=O)C(Sc1ccccc1Cc1ccccc1)c1ccc(C#N)c(C(F)(F)F)c1. The van der Waals surface area contributed by atoms with Crippen LogP contribution in [0.15, 0.2) is 77.7 Å². The molecule has 0 heterocycles. The summed E-state index contributed by atoms with van der Waals surface area (Å²) < 4.78 is 40.7. The van der Waals surface area contributed by atoms with Crippen LogP contribution in [0.5, 0.6) is 0 Å². The Morgan fingerprint density at radius 2 is 1.73 bits per heavy atom. The minimum absolute atomic E-state index is 0.0321. The van der Waals surface area contributed by atoms with Gasteiger partial charge in [-0.05, 0) is 48.2 Å². The van der Waals surface area contributed by atoms with Crippen LogP contribution < -0.4 is 5.73 Å². The van der Waals surface area contributed by atoms with Gasteiger partial charge in [-0.3, -0.25) is 4.79 Å². The van der Waals surface area contributed by atoms with Crippen LogP contribution in [0.3, 0.4) is 0 Å². The molecule has 0 aliphatic heterocycles. The number of amides is 1. The lowest BCUT2D eigenvalue weighted by atomic mass is 9.92. The molecular formula is C25H21F3N2O2S. The maximum absolute atomic E-state index is 13.6. The van der Waals surface area contributed by atoms with Gasteiger partial charge in [0.15, 0.2) is 5.60 Å². The monoisotopic (exact) mass is 470 g/mol. The lowest BCUT2D eigenvalue weighted by molar-refractivity contribution is -0.137. The van der Waals surface area contributed by atoms with Crippen LogP contribution in [-0.4, -0.2) is 16.6 Å². The minimum Gasteiger partial charge on any atom is -0.379 e. The molecule has 1 amide bonds. The highest BCUT2D eigenvalue weighted by Crippen LogP contribution is 2.46. The number of nitrogens with two attached hydrogens (primary N) is 1. The summed E-state index contributed by atoms with van der Waals surface area (Å²) in [4.78, 5) is 12.8. The highest BCUT2D eigenvalue weighted by molar-refractivity contribution is 7.99. The van der Waals surface area contributed by atoms with Crippen LogP contribution >= 0.6 is 11.8 Å². The zero-order valence-corrected chi connectivity index (χ0v) is 18.5. The maximum Gasteiger partial charge on any atom is 0.417 e. The summed E-state index contributed by atoms with van der Waals surface area (Å²) >= 11 is 1.05. The second-order valence-corrected chi connectivity index (χ2v) is 8.84. The predicted molar refractivity (Wildman–Crippen MR) is 120 cm³/mol. The predicted octanol–water partition coefficient (Wildman–Crippen LogP) is 5.24. The Hall–Kier alpha value is -3.28. The third-order valence-corrected chi connectivity index (χ3v) is 6.86. The van der Waals surface area contributed by atoms with Gasteiger partial charge in [0, 0.05) is 4.90 Å². The summed E-state index contributed by atoms with van der Waals surface area (Å²) in [6.45, 7) is 1.18. The standard InChI is InChI=1S/C25H21F3N2O2S/c1-24(32,23(30)31)22(18-11-12-19(15-29)20(14-18)25(26,27)28)33-21-10-6-5-9-17(21)13-16-7-3-2-4-8-16/h2-12,14,22,32H,13H2,1H3,(H2,30,31). The second-order valence-electron chi connectivity index (χ2n) is 7.69. The summed E-state index contributed by atoms with van der Waals surface area (Å²) in [5, 5.41) is 18.9.